The Kier molecular flexibility index (Phi) is 12.6. The molecule has 21 heteroatoms. The van der Waals surface area contributed by atoms with Gasteiger partial charge in [0, 0.05) is 0 Å². The van der Waals surface area contributed by atoms with E-state index in [0.717, 1.165) is 17.8 Å². The number of fused-ring (bicyclic) bond motifs is 1. The number of phosphoric ester groups is 1. The van der Waals surface area contributed by atoms with Crippen molar-refractivity contribution in [1.82, 2.24) is 19.5 Å². The molecule has 0 aliphatic rings. The van der Waals surface area contributed by atoms with Gasteiger partial charge in [0.25, 0.3) is 11.4 Å². The molecule has 2 rings (SSSR count). The molecule has 2 heterocycles. The molecule has 19 nitrogen and oxygen atoms in total. The van der Waals surface area contributed by atoms with Crippen LogP contribution in [-0.2, 0) is 41.8 Å². The first-order chi connectivity index (χ1) is 19.6. The molecule has 0 amide bonds. The zero-order valence-electron chi connectivity index (χ0n) is 23.3. The van der Waals surface area contributed by atoms with Crippen LogP contribution < -0.4 is 11.3 Å². The maximum absolute atomic E-state index is 15.9. The molecule has 0 saturated heterocycles. The van der Waals surface area contributed by atoms with Crippen LogP contribution in [0.25, 0.3) is 11.2 Å². The van der Waals surface area contributed by atoms with Crippen molar-refractivity contribution in [3.63, 3.8) is 0 Å². The molecule has 0 aromatic carbocycles. The summed E-state index contributed by atoms with van der Waals surface area (Å²) in [6.45, 7) is 2.53. The first kappa shape index (κ1) is 34.8. The Hall–Kier alpha value is -3.39. The number of alkyl halides is 1. The molecule has 2 aromatic heterocycles. The Morgan fingerprint density at radius 1 is 1.10 bits per heavy atom. The summed E-state index contributed by atoms with van der Waals surface area (Å²) in [5.74, 6) is -3.57. The lowest BCUT2D eigenvalue weighted by molar-refractivity contribution is -0.264. The largest absolute Gasteiger partial charge is 0.510 e. The molecule has 0 aliphatic heterocycles. The number of rotatable bonds is 16. The van der Waals surface area contributed by atoms with E-state index in [9.17, 15) is 29.2 Å². The van der Waals surface area contributed by atoms with Crippen molar-refractivity contribution in [1.29, 1.82) is 0 Å². The van der Waals surface area contributed by atoms with Gasteiger partial charge in [0.05, 0.1) is 25.1 Å². The molecule has 0 spiro atoms. The Balaban J connectivity index is 2.22. The molecule has 1 unspecified atom stereocenters. The van der Waals surface area contributed by atoms with E-state index in [0.29, 0.717) is 0 Å². The van der Waals surface area contributed by atoms with E-state index >= 15 is 4.39 Å². The Bertz CT molecular complexity index is 1270. The van der Waals surface area contributed by atoms with Crippen LogP contribution in [0.1, 0.15) is 40.8 Å². The Morgan fingerprint density at radius 3 is 2.12 bits per heavy atom. The number of phosphoric acid groups is 1. The van der Waals surface area contributed by atoms with Crippen molar-refractivity contribution in [3.05, 3.63) is 16.7 Å². The number of nitrogens with zero attached hydrogens (tertiary/aromatic N) is 3. The van der Waals surface area contributed by atoms with Crippen LogP contribution >= 0.6 is 7.82 Å². The second-order valence-electron chi connectivity index (χ2n) is 8.83. The van der Waals surface area contributed by atoms with E-state index in [1.807, 2.05) is 0 Å². The highest BCUT2D eigenvalue weighted by Crippen LogP contribution is 2.50. The summed E-state index contributed by atoms with van der Waals surface area (Å²) in [7, 11) is -4.95. The number of carbonyl (C=O) groups is 2. The van der Waals surface area contributed by atoms with E-state index in [1.54, 1.807) is 0 Å². The van der Waals surface area contributed by atoms with Crippen molar-refractivity contribution >= 4 is 37.2 Å². The topological polar surface area (TPSA) is 255 Å². The third-order valence-electron chi connectivity index (χ3n) is 4.73. The number of aromatic nitrogens is 4. The molecule has 0 aliphatic carbocycles. The highest BCUT2D eigenvalue weighted by atomic mass is 31.2. The predicted molar refractivity (Wildman–Crippen MR) is 136 cm³/mol. The molecule has 0 bridgehead atoms. The minimum absolute atomic E-state index is 0.197. The van der Waals surface area contributed by atoms with Gasteiger partial charge in [-0.25, -0.2) is 32.6 Å². The van der Waals surface area contributed by atoms with Crippen molar-refractivity contribution in [3.8, 4) is 0 Å². The van der Waals surface area contributed by atoms with Crippen LogP contribution in [0.4, 0.5) is 19.9 Å². The van der Waals surface area contributed by atoms with Crippen LogP contribution in [0, 0.1) is 0 Å². The number of nitrogens with two attached hydrogens (primary N) is 1. The van der Waals surface area contributed by atoms with Gasteiger partial charge in [0.15, 0.2) is 17.4 Å². The smallest absolute Gasteiger partial charge is 0.432 e. The van der Waals surface area contributed by atoms with Crippen LogP contribution in [0.3, 0.4) is 0 Å². The molecule has 0 fully saturated rings. The first-order valence-electron chi connectivity index (χ1n) is 12.2. The maximum atomic E-state index is 15.9. The maximum Gasteiger partial charge on any atom is 0.510 e. The molecular weight excluding hydrogens is 596 g/mol. The molecular formula is C21H33FN5O14P. The van der Waals surface area contributed by atoms with Gasteiger partial charge < -0.3 is 39.6 Å². The van der Waals surface area contributed by atoms with Crippen molar-refractivity contribution in [2.45, 2.75) is 65.0 Å². The van der Waals surface area contributed by atoms with E-state index in [2.05, 4.69) is 24.4 Å². The summed E-state index contributed by atoms with van der Waals surface area (Å²) < 4.78 is 68.5. The Labute approximate surface area is 237 Å². The number of aliphatic hydroxyl groups excluding tert-OH is 2. The average molecular weight is 629 g/mol. The second-order valence-corrected chi connectivity index (χ2v) is 10.5. The van der Waals surface area contributed by atoms with E-state index in [-0.39, 0.29) is 17.1 Å². The number of aliphatic hydroxyl groups is 2. The van der Waals surface area contributed by atoms with Gasteiger partial charge >= 0.3 is 20.1 Å². The number of ether oxygens (including phenoxy) is 5. The van der Waals surface area contributed by atoms with Crippen molar-refractivity contribution < 1.29 is 66.0 Å². The molecule has 238 valence electrons. The van der Waals surface area contributed by atoms with Crippen LogP contribution in [0.5, 0.6) is 0 Å². The Morgan fingerprint density at radius 2 is 1.64 bits per heavy atom. The van der Waals surface area contributed by atoms with Crippen LogP contribution in [0.2, 0.25) is 0 Å². The number of nitrogens with one attached hydrogen (secondary N) is 1. The number of nitrogen functional groups attached to an aromatic ring is 1. The van der Waals surface area contributed by atoms with Crippen LogP contribution in [0.15, 0.2) is 11.1 Å². The summed E-state index contributed by atoms with van der Waals surface area (Å²) in [5, 5.41) is 20.1. The minimum Gasteiger partial charge on any atom is -0.432 e. The van der Waals surface area contributed by atoms with Gasteiger partial charge in [-0.05, 0) is 34.6 Å². The van der Waals surface area contributed by atoms with E-state index in [1.165, 1.54) is 27.7 Å². The second kappa shape index (κ2) is 15.2. The standard InChI is InChI=1S/C21H33FN5O14P/c1-11(2)39-19(31)34-9-37-42(33,38-10-35-20(32)40-12(3)4)36-7-21(22,13(5)29)41-14(6-28)27-8-24-15-16(27)25-18(23)26-17(15)30/h8,11-14,28-29H,6-7,9-10H2,1-5H3,(H3,23,25,26,30)/t13-,14?,21+/m0/s1. The highest BCUT2D eigenvalue weighted by Gasteiger charge is 2.44. The third-order valence-corrected chi connectivity index (χ3v) is 6.02. The zero-order chi connectivity index (χ0) is 31.7. The normalized spacial score (nSPS) is 14.9. The molecule has 3 atom stereocenters. The van der Waals surface area contributed by atoms with Gasteiger partial charge in [-0.1, -0.05) is 0 Å². The summed E-state index contributed by atoms with van der Waals surface area (Å²) in [6.07, 6.45) is -6.27. The monoisotopic (exact) mass is 629 g/mol. The lowest BCUT2D eigenvalue weighted by atomic mass is 10.2. The highest BCUT2D eigenvalue weighted by molar-refractivity contribution is 7.48. The number of anilines is 1. The molecule has 42 heavy (non-hydrogen) atoms. The lowest BCUT2D eigenvalue weighted by Gasteiger charge is -2.32. The van der Waals surface area contributed by atoms with Gasteiger partial charge in [-0.2, -0.15) is 4.98 Å². The number of hydrogen-bond donors (Lipinski definition) is 4. The van der Waals surface area contributed by atoms with Gasteiger partial charge in [-0.15, -0.1) is 0 Å². The SMILES string of the molecule is CC(C)OC(=O)OCOP(=O)(OCOC(=O)OC(C)C)OC[C@@](F)(OC(CO)n1cnc2c(=O)[nH]c(N)nc21)[C@H](C)O. The minimum atomic E-state index is -4.95. The number of halogens is 1. The molecule has 0 saturated carbocycles. The van der Waals surface area contributed by atoms with Crippen molar-refractivity contribution in [2.24, 2.45) is 0 Å². The lowest BCUT2D eigenvalue weighted by Crippen LogP contribution is -2.45. The van der Waals surface area contributed by atoms with Crippen LogP contribution in [-0.4, -0.2) is 93.0 Å². The number of aromatic amines is 1. The zero-order valence-corrected chi connectivity index (χ0v) is 24.1. The fourth-order valence-corrected chi connectivity index (χ4v) is 3.75. The fraction of sp³-hybridized carbons (Fsp3) is 0.667. The molecule has 2 aromatic rings. The predicted octanol–water partition coefficient (Wildman–Crippen LogP) is 1.45. The van der Waals surface area contributed by atoms with Gasteiger partial charge in [-0.3, -0.25) is 18.9 Å². The number of H-pyrrole nitrogens is 1. The number of hydrogen-bond acceptors (Lipinski definition) is 17. The summed E-state index contributed by atoms with van der Waals surface area (Å²) in [6, 6.07) is 0. The summed E-state index contributed by atoms with van der Waals surface area (Å²) >= 11 is 0. The number of imidazole rings is 1. The van der Waals surface area contributed by atoms with Crippen molar-refractivity contribution in [2.75, 3.05) is 32.5 Å². The summed E-state index contributed by atoms with van der Waals surface area (Å²) in [4.78, 5) is 45.2. The number of carbonyl (C=O) groups excluding carboxylic acids is 2. The van der Waals surface area contributed by atoms with E-state index in [4.69, 9.17) is 33.5 Å². The molecule has 0 radical (unpaired) electrons. The third kappa shape index (κ3) is 10.2. The average Bonchev–Trinajstić information content (AvgIpc) is 3.29. The fourth-order valence-electron chi connectivity index (χ4n) is 2.82. The quantitative estimate of drug-likeness (QED) is 0.116. The van der Waals surface area contributed by atoms with E-state index < -0.39 is 82.9 Å². The van der Waals surface area contributed by atoms with Gasteiger partial charge in [0.2, 0.25) is 19.5 Å². The molecule has 5 N–H and O–H groups in total. The summed E-state index contributed by atoms with van der Waals surface area (Å²) in [5.41, 5.74) is 4.40. The first-order valence-corrected chi connectivity index (χ1v) is 13.6. The van der Waals surface area contributed by atoms with Gasteiger partial charge in [0.1, 0.15) is 12.7 Å².